The number of carbonyl (C=O) groups excluding carboxylic acids is 1. The van der Waals surface area contributed by atoms with Gasteiger partial charge in [0.2, 0.25) is 0 Å². The zero-order valence-electron chi connectivity index (χ0n) is 8.22. The first-order valence-electron chi connectivity index (χ1n) is 5.25. The van der Waals surface area contributed by atoms with E-state index in [4.69, 9.17) is 4.74 Å². The van der Waals surface area contributed by atoms with Gasteiger partial charge in [-0.3, -0.25) is 4.79 Å². The first-order valence-corrected chi connectivity index (χ1v) is 5.25. The van der Waals surface area contributed by atoms with E-state index in [1.54, 1.807) is 6.07 Å². The maximum atomic E-state index is 12.1. The lowest BCUT2D eigenvalue weighted by Crippen LogP contribution is -2.38. The van der Waals surface area contributed by atoms with E-state index in [9.17, 15) is 9.90 Å². The van der Waals surface area contributed by atoms with Gasteiger partial charge in [-0.25, -0.2) is 0 Å². The number of para-hydroxylation sites is 1. The van der Waals surface area contributed by atoms with Crippen LogP contribution in [0.15, 0.2) is 24.3 Å². The summed E-state index contributed by atoms with van der Waals surface area (Å²) in [4.78, 5) is 12.1. The molecule has 0 amide bonds. The quantitative estimate of drug-likeness (QED) is 0.694. The third kappa shape index (κ3) is 1.20. The van der Waals surface area contributed by atoms with Gasteiger partial charge in [0.25, 0.3) is 0 Å². The minimum Gasteiger partial charge on any atom is -0.489 e. The molecule has 3 nitrogen and oxygen atoms in total. The van der Waals surface area contributed by atoms with Crippen LogP contribution >= 0.6 is 0 Å². The van der Waals surface area contributed by atoms with Crippen LogP contribution in [0.1, 0.15) is 23.2 Å². The number of aliphatic hydroxyl groups excluding tert-OH is 1. The van der Waals surface area contributed by atoms with Crippen LogP contribution in [0.3, 0.4) is 0 Å². The van der Waals surface area contributed by atoms with Gasteiger partial charge in [0, 0.05) is 0 Å². The van der Waals surface area contributed by atoms with E-state index in [1.165, 1.54) is 0 Å². The summed E-state index contributed by atoms with van der Waals surface area (Å²) in [6.45, 7) is 0. The first kappa shape index (κ1) is 8.92. The van der Waals surface area contributed by atoms with Crippen molar-refractivity contribution in [3.63, 3.8) is 0 Å². The lowest BCUT2D eigenvalue weighted by molar-refractivity contribution is 0.0479. The molecule has 78 valence electrons. The maximum Gasteiger partial charge on any atom is 0.175 e. The predicted molar refractivity (Wildman–Crippen MR) is 53.9 cm³/mol. The molecule has 1 aliphatic heterocycles. The first-order chi connectivity index (χ1) is 7.27. The van der Waals surface area contributed by atoms with Crippen molar-refractivity contribution in [2.75, 3.05) is 0 Å². The van der Waals surface area contributed by atoms with Gasteiger partial charge in [-0.15, -0.1) is 0 Å². The SMILES string of the molecule is O=C1c2ccccc2O[C@@H]2CC[C@@H](O)[C@H]12. The van der Waals surface area contributed by atoms with Crippen LogP contribution in [0, 0.1) is 5.92 Å². The molecule has 0 aromatic heterocycles. The smallest absolute Gasteiger partial charge is 0.175 e. The average Bonchev–Trinajstić information content (AvgIpc) is 2.61. The van der Waals surface area contributed by atoms with Gasteiger partial charge in [-0.1, -0.05) is 12.1 Å². The highest BCUT2D eigenvalue weighted by atomic mass is 16.5. The Morgan fingerprint density at radius 2 is 2.07 bits per heavy atom. The van der Waals surface area contributed by atoms with Crippen LogP contribution < -0.4 is 4.74 Å². The molecule has 1 aromatic carbocycles. The van der Waals surface area contributed by atoms with Crippen LogP contribution in [0.2, 0.25) is 0 Å². The Kier molecular flexibility index (Phi) is 1.83. The summed E-state index contributed by atoms with van der Waals surface area (Å²) >= 11 is 0. The summed E-state index contributed by atoms with van der Waals surface area (Å²) in [6.07, 6.45) is 0.777. The van der Waals surface area contributed by atoms with Gasteiger partial charge in [0.1, 0.15) is 11.9 Å². The molecule has 1 heterocycles. The molecule has 1 saturated carbocycles. The van der Waals surface area contributed by atoms with Gasteiger partial charge in [-0.2, -0.15) is 0 Å². The van der Waals surface area contributed by atoms with Gasteiger partial charge >= 0.3 is 0 Å². The predicted octanol–water partition coefficient (Wildman–Crippen LogP) is 1.40. The number of aliphatic hydroxyl groups is 1. The van der Waals surface area contributed by atoms with Crippen molar-refractivity contribution in [1.82, 2.24) is 0 Å². The largest absolute Gasteiger partial charge is 0.489 e. The van der Waals surface area contributed by atoms with Gasteiger partial charge in [-0.05, 0) is 25.0 Å². The molecule has 3 rings (SSSR count). The highest BCUT2D eigenvalue weighted by Crippen LogP contribution is 2.39. The van der Waals surface area contributed by atoms with Gasteiger partial charge in [0.15, 0.2) is 5.78 Å². The highest BCUT2D eigenvalue weighted by molar-refractivity contribution is 6.02. The fraction of sp³-hybridized carbons (Fsp3) is 0.417. The number of ether oxygens (including phenoxy) is 1. The Bertz CT molecular complexity index is 413. The normalized spacial score (nSPS) is 33.1. The molecule has 3 heteroatoms. The number of Topliss-reactive ketones (excluding diaryl/α,β-unsaturated/α-hetero) is 1. The molecule has 1 aromatic rings. The molecule has 0 saturated heterocycles. The van der Waals surface area contributed by atoms with Crippen LogP contribution in [0.25, 0.3) is 0 Å². The Morgan fingerprint density at radius 1 is 1.27 bits per heavy atom. The fourth-order valence-corrected chi connectivity index (χ4v) is 2.53. The van der Waals surface area contributed by atoms with Gasteiger partial charge in [0.05, 0.1) is 17.6 Å². The number of benzene rings is 1. The Hall–Kier alpha value is -1.35. The zero-order valence-corrected chi connectivity index (χ0v) is 8.22. The molecule has 15 heavy (non-hydrogen) atoms. The van der Waals surface area contributed by atoms with Crippen LogP contribution in [0.4, 0.5) is 0 Å². The molecule has 0 spiro atoms. The third-order valence-electron chi connectivity index (χ3n) is 3.30. The standard InChI is InChI=1S/C12H12O3/c13-8-5-6-10-11(8)12(14)7-3-1-2-4-9(7)15-10/h1-4,8,10-11,13H,5-6H2/t8-,10-,11+/m1/s1. The second kappa shape index (κ2) is 3.07. The lowest BCUT2D eigenvalue weighted by Gasteiger charge is -2.28. The number of hydrogen-bond acceptors (Lipinski definition) is 3. The van der Waals surface area contributed by atoms with Crippen molar-refractivity contribution in [3.8, 4) is 5.75 Å². The van der Waals surface area contributed by atoms with E-state index in [0.29, 0.717) is 17.7 Å². The molecule has 1 aliphatic carbocycles. The van der Waals surface area contributed by atoms with E-state index >= 15 is 0 Å². The summed E-state index contributed by atoms with van der Waals surface area (Å²) in [6, 6.07) is 7.26. The number of fused-ring (bicyclic) bond motifs is 2. The molecule has 0 unspecified atom stereocenters. The Morgan fingerprint density at radius 3 is 2.93 bits per heavy atom. The van der Waals surface area contributed by atoms with Crippen LogP contribution in [0.5, 0.6) is 5.75 Å². The molecule has 2 aliphatic rings. The summed E-state index contributed by atoms with van der Waals surface area (Å²) in [5.74, 6) is 0.351. The molecular weight excluding hydrogens is 192 g/mol. The Labute approximate surface area is 87.7 Å². The van der Waals surface area contributed by atoms with E-state index in [-0.39, 0.29) is 17.8 Å². The Balaban J connectivity index is 2.07. The van der Waals surface area contributed by atoms with Crippen molar-refractivity contribution < 1.29 is 14.6 Å². The van der Waals surface area contributed by atoms with Crippen LogP contribution in [-0.2, 0) is 0 Å². The summed E-state index contributed by atoms with van der Waals surface area (Å²) in [7, 11) is 0. The van der Waals surface area contributed by atoms with Crippen molar-refractivity contribution in [3.05, 3.63) is 29.8 Å². The molecule has 1 fully saturated rings. The van der Waals surface area contributed by atoms with Crippen molar-refractivity contribution in [2.45, 2.75) is 25.0 Å². The number of ketones is 1. The monoisotopic (exact) mass is 204 g/mol. The van der Waals surface area contributed by atoms with Crippen molar-refractivity contribution in [2.24, 2.45) is 5.92 Å². The van der Waals surface area contributed by atoms with E-state index in [2.05, 4.69) is 0 Å². The molecule has 0 bridgehead atoms. The van der Waals surface area contributed by atoms with E-state index in [1.807, 2.05) is 18.2 Å². The molecule has 0 radical (unpaired) electrons. The van der Waals surface area contributed by atoms with Crippen molar-refractivity contribution >= 4 is 5.78 Å². The summed E-state index contributed by atoms with van der Waals surface area (Å²) < 4.78 is 5.72. The minimum atomic E-state index is -0.532. The second-order valence-corrected chi connectivity index (χ2v) is 4.19. The molecule has 3 atom stereocenters. The van der Waals surface area contributed by atoms with E-state index < -0.39 is 6.10 Å². The zero-order chi connectivity index (χ0) is 10.4. The molecular formula is C12H12O3. The third-order valence-corrected chi connectivity index (χ3v) is 3.30. The lowest BCUT2D eigenvalue weighted by atomic mass is 9.90. The summed E-state index contributed by atoms with van der Waals surface area (Å²) in [5, 5.41) is 9.72. The van der Waals surface area contributed by atoms with Crippen LogP contribution in [-0.4, -0.2) is 23.1 Å². The fourth-order valence-electron chi connectivity index (χ4n) is 2.53. The topological polar surface area (TPSA) is 46.5 Å². The van der Waals surface area contributed by atoms with E-state index in [0.717, 1.165) is 6.42 Å². The van der Waals surface area contributed by atoms with Crippen molar-refractivity contribution in [1.29, 1.82) is 0 Å². The molecule has 1 N–H and O–H groups in total. The number of rotatable bonds is 0. The highest BCUT2D eigenvalue weighted by Gasteiger charge is 2.45. The number of carbonyl (C=O) groups is 1. The number of hydrogen-bond donors (Lipinski definition) is 1. The van der Waals surface area contributed by atoms with Gasteiger partial charge < -0.3 is 9.84 Å². The second-order valence-electron chi connectivity index (χ2n) is 4.19. The summed E-state index contributed by atoms with van der Waals surface area (Å²) in [5.41, 5.74) is 0.611. The minimum absolute atomic E-state index is 0.0341. The maximum absolute atomic E-state index is 12.1. The average molecular weight is 204 g/mol.